The monoisotopic (exact) mass is 297 g/mol. The smallest absolute Gasteiger partial charge is 0.143 e. The van der Waals surface area contributed by atoms with Gasteiger partial charge in [-0.15, -0.1) is 0 Å². The second kappa shape index (κ2) is 5.36. The molecule has 1 aliphatic heterocycles. The number of nitrogens with two attached hydrogens (primary N) is 1. The van der Waals surface area contributed by atoms with Gasteiger partial charge in [0.1, 0.15) is 5.82 Å². The quantitative estimate of drug-likeness (QED) is 0.913. The van der Waals surface area contributed by atoms with Gasteiger partial charge in [-0.2, -0.15) is 0 Å². The van der Waals surface area contributed by atoms with Crippen molar-refractivity contribution in [2.75, 3.05) is 18.0 Å². The van der Waals surface area contributed by atoms with E-state index in [2.05, 4.69) is 45.7 Å². The Morgan fingerprint density at radius 1 is 1.59 bits per heavy atom. The lowest BCUT2D eigenvalue weighted by atomic mass is 9.92. The van der Waals surface area contributed by atoms with Crippen molar-refractivity contribution in [1.29, 1.82) is 0 Å². The molecule has 1 aliphatic rings. The van der Waals surface area contributed by atoms with Crippen LogP contribution < -0.4 is 10.6 Å². The maximum atomic E-state index is 5.89. The third-order valence-electron chi connectivity index (χ3n) is 3.48. The molecular weight excluding hydrogens is 278 g/mol. The van der Waals surface area contributed by atoms with Crippen LogP contribution in [0.25, 0.3) is 0 Å². The number of pyridine rings is 1. The molecule has 0 saturated carbocycles. The Labute approximate surface area is 112 Å². The van der Waals surface area contributed by atoms with Crippen molar-refractivity contribution in [3.63, 3.8) is 0 Å². The minimum atomic E-state index is 0.422. The first-order valence-electron chi connectivity index (χ1n) is 6.20. The average Bonchev–Trinajstić information content (AvgIpc) is 2.30. The first-order valence-corrected chi connectivity index (χ1v) is 7.00. The normalized spacial score (nSPS) is 25.1. The van der Waals surface area contributed by atoms with Gasteiger partial charge in [-0.3, -0.25) is 0 Å². The van der Waals surface area contributed by atoms with E-state index in [4.69, 9.17) is 5.73 Å². The molecule has 2 N–H and O–H groups in total. The summed E-state index contributed by atoms with van der Waals surface area (Å²) in [5.41, 5.74) is 7.06. The van der Waals surface area contributed by atoms with Gasteiger partial charge in [-0.25, -0.2) is 4.98 Å². The molecule has 2 rings (SSSR count). The summed E-state index contributed by atoms with van der Waals surface area (Å²) in [6.07, 6.45) is 4.31. The Hall–Kier alpha value is -0.610. The predicted octanol–water partition coefficient (Wildman–Crippen LogP) is 2.72. The number of aryl methyl sites for hydroxylation is 1. The highest BCUT2D eigenvalue weighted by molar-refractivity contribution is 9.10. The van der Waals surface area contributed by atoms with E-state index in [9.17, 15) is 0 Å². The predicted molar refractivity (Wildman–Crippen MR) is 75.3 cm³/mol. The summed E-state index contributed by atoms with van der Waals surface area (Å²) in [5, 5.41) is 0. The Morgan fingerprint density at radius 2 is 2.35 bits per heavy atom. The lowest BCUT2D eigenvalue weighted by molar-refractivity contribution is 0.364. The number of hydrogen-bond donors (Lipinski definition) is 1. The lowest BCUT2D eigenvalue weighted by Crippen LogP contribution is -2.46. The van der Waals surface area contributed by atoms with Crippen molar-refractivity contribution >= 4 is 21.7 Å². The van der Waals surface area contributed by atoms with Gasteiger partial charge in [0.15, 0.2) is 0 Å². The van der Waals surface area contributed by atoms with Gasteiger partial charge < -0.3 is 10.6 Å². The van der Waals surface area contributed by atoms with Crippen molar-refractivity contribution in [2.45, 2.75) is 32.7 Å². The zero-order chi connectivity index (χ0) is 12.4. The molecule has 94 valence electrons. The molecule has 3 nitrogen and oxygen atoms in total. The van der Waals surface area contributed by atoms with Crippen LogP contribution in [0.1, 0.15) is 25.3 Å². The van der Waals surface area contributed by atoms with Crippen molar-refractivity contribution in [3.8, 4) is 0 Å². The highest BCUT2D eigenvalue weighted by Crippen LogP contribution is 2.31. The summed E-state index contributed by atoms with van der Waals surface area (Å²) >= 11 is 3.61. The second-order valence-corrected chi connectivity index (χ2v) is 5.88. The number of halogens is 1. The molecule has 0 bridgehead atoms. The minimum Gasteiger partial charge on any atom is -0.351 e. The number of hydrogen-bond acceptors (Lipinski definition) is 3. The number of nitrogens with zero attached hydrogens (tertiary/aromatic N) is 2. The first kappa shape index (κ1) is 12.8. The summed E-state index contributed by atoms with van der Waals surface area (Å²) in [5.74, 6) is 1.81. The van der Waals surface area contributed by atoms with E-state index >= 15 is 0 Å². The first-order chi connectivity index (χ1) is 8.11. The summed E-state index contributed by atoms with van der Waals surface area (Å²) in [4.78, 5) is 6.90. The maximum absolute atomic E-state index is 5.89. The van der Waals surface area contributed by atoms with Gasteiger partial charge in [-0.05, 0) is 53.2 Å². The largest absolute Gasteiger partial charge is 0.351 e. The van der Waals surface area contributed by atoms with Crippen molar-refractivity contribution in [3.05, 3.63) is 22.3 Å². The van der Waals surface area contributed by atoms with Crippen LogP contribution in [-0.2, 0) is 0 Å². The van der Waals surface area contributed by atoms with Crippen LogP contribution in [-0.4, -0.2) is 24.1 Å². The maximum Gasteiger partial charge on any atom is 0.143 e. The zero-order valence-corrected chi connectivity index (χ0v) is 12.1. The van der Waals surface area contributed by atoms with Crippen molar-refractivity contribution in [1.82, 2.24) is 4.98 Å². The topological polar surface area (TPSA) is 42.2 Å². The molecule has 0 aromatic carbocycles. The SMILES string of the molecule is Cc1cnc(N2CCC(C)CC2CN)c(Br)c1. The molecule has 1 fully saturated rings. The summed E-state index contributed by atoms with van der Waals surface area (Å²) in [6.45, 7) is 6.11. The Balaban J connectivity index is 2.25. The van der Waals surface area contributed by atoms with E-state index in [0.717, 1.165) is 22.8 Å². The Kier molecular flexibility index (Phi) is 4.05. The Bertz CT molecular complexity index is 394. The molecule has 0 amide bonds. The fraction of sp³-hybridized carbons (Fsp3) is 0.615. The van der Waals surface area contributed by atoms with E-state index in [1.807, 2.05) is 6.20 Å². The van der Waals surface area contributed by atoms with Crippen LogP contribution in [0.2, 0.25) is 0 Å². The molecule has 0 aliphatic carbocycles. The van der Waals surface area contributed by atoms with Crippen LogP contribution in [0.4, 0.5) is 5.82 Å². The number of rotatable bonds is 2. The molecule has 0 spiro atoms. The molecule has 2 unspecified atom stereocenters. The standard InChI is InChI=1S/C13H20BrN3/c1-9-3-4-17(11(5-9)7-15)13-12(14)6-10(2)8-16-13/h6,8-9,11H,3-5,7,15H2,1-2H3. The molecule has 1 aromatic heterocycles. The zero-order valence-electron chi connectivity index (χ0n) is 10.5. The van der Waals surface area contributed by atoms with Gasteiger partial charge >= 0.3 is 0 Å². The molecular formula is C13H20BrN3. The molecule has 1 aromatic rings. The molecule has 4 heteroatoms. The second-order valence-electron chi connectivity index (χ2n) is 5.03. The minimum absolute atomic E-state index is 0.422. The van der Waals surface area contributed by atoms with Gasteiger partial charge in [0, 0.05) is 25.3 Å². The van der Waals surface area contributed by atoms with E-state index in [1.165, 1.54) is 18.4 Å². The third kappa shape index (κ3) is 2.80. The lowest BCUT2D eigenvalue weighted by Gasteiger charge is -2.39. The summed E-state index contributed by atoms with van der Waals surface area (Å²) < 4.78 is 1.07. The van der Waals surface area contributed by atoms with E-state index < -0.39 is 0 Å². The average molecular weight is 298 g/mol. The van der Waals surface area contributed by atoms with E-state index in [0.29, 0.717) is 12.6 Å². The molecule has 2 atom stereocenters. The fourth-order valence-electron chi connectivity index (χ4n) is 2.49. The van der Waals surface area contributed by atoms with Crippen LogP contribution in [0.15, 0.2) is 16.7 Å². The fourth-order valence-corrected chi connectivity index (χ4v) is 3.18. The van der Waals surface area contributed by atoms with E-state index in [-0.39, 0.29) is 0 Å². The number of aromatic nitrogens is 1. The molecule has 2 heterocycles. The molecule has 17 heavy (non-hydrogen) atoms. The molecule has 1 saturated heterocycles. The highest BCUT2D eigenvalue weighted by Gasteiger charge is 2.27. The van der Waals surface area contributed by atoms with Crippen molar-refractivity contribution in [2.24, 2.45) is 11.7 Å². The van der Waals surface area contributed by atoms with Crippen LogP contribution in [0, 0.1) is 12.8 Å². The summed E-state index contributed by atoms with van der Waals surface area (Å²) in [6, 6.07) is 2.54. The summed E-state index contributed by atoms with van der Waals surface area (Å²) in [7, 11) is 0. The highest BCUT2D eigenvalue weighted by atomic mass is 79.9. The van der Waals surface area contributed by atoms with Crippen LogP contribution in [0.5, 0.6) is 0 Å². The Morgan fingerprint density at radius 3 is 3.00 bits per heavy atom. The third-order valence-corrected chi connectivity index (χ3v) is 4.06. The van der Waals surface area contributed by atoms with Gasteiger partial charge in [0.2, 0.25) is 0 Å². The van der Waals surface area contributed by atoms with Crippen molar-refractivity contribution < 1.29 is 0 Å². The van der Waals surface area contributed by atoms with Gasteiger partial charge in [-0.1, -0.05) is 6.92 Å². The number of anilines is 1. The van der Waals surface area contributed by atoms with Gasteiger partial charge in [0.05, 0.1) is 4.47 Å². The molecule has 0 radical (unpaired) electrons. The van der Waals surface area contributed by atoms with E-state index in [1.54, 1.807) is 0 Å². The van der Waals surface area contributed by atoms with Crippen LogP contribution in [0.3, 0.4) is 0 Å². The van der Waals surface area contributed by atoms with Crippen LogP contribution >= 0.6 is 15.9 Å². The number of piperidine rings is 1. The van der Waals surface area contributed by atoms with Gasteiger partial charge in [0.25, 0.3) is 0 Å².